The van der Waals surface area contributed by atoms with E-state index in [0.29, 0.717) is 11.7 Å². The van der Waals surface area contributed by atoms with Gasteiger partial charge >= 0.3 is 0 Å². The SMILES string of the molecule is Fc1ccc(CNC(=S)Nc2ccc(-c3nnc4n3CCCCC4)cc2)cc1. The lowest BCUT2D eigenvalue weighted by Crippen LogP contribution is -2.27. The van der Waals surface area contributed by atoms with Crippen molar-refractivity contribution < 1.29 is 4.39 Å². The third-order valence-electron chi connectivity index (χ3n) is 4.88. The Morgan fingerprint density at radius 3 is 2.57 bits per heavy atom. The molecule has 7 heteroatoms. The normalized spacial score (nSPS) is 13.5. The van der Waals surface area contributed by atoms with Gasteiger partial charge in [0.25, 0.3) is 0 Å². The molecule has 0 bridgehead atoms. The summed E-state index contributed by atoms with van der Waals surface area (Å²) >= 11 is 5.35. The highest BCUT2D eigenvalue weighted by Crippen LogP contribution is 2.24. The molecule has 0 spiro atoms. The van der Waals surface area contributed by atoms with Crippen molar-refractivity contribution in [2.24, 2.45) is 0 Å². The average molecular weight is 396 g/mol. The molecule has 0 saturated heterocycles. The van der Waals surface area contributed by atoms with Crippen LogP contribution >= 0.6 is 12.2 Å². The molecule has 0 atom stereocenters. The van der Waals surface area contributed by atoms with Gasteiger partial charge in [-0.3, -0.25) is 0 Å². The van der Waals surface area contributed by atoms with Crippen molar-refractivity contribution >= 4 is 23.0 Å². The summed E-state index contributed by atoms with van der Waals surface area (Å²) in [6, 6.07) is 14.4. The second-order valence-corrected chi connectivity index (χ2v) is 7.32. The van der Waals surface area contributed by atoms with Crippen LogP contribution in [0.3, 0.4) is 0 Å². The number of hydrogen-bond acceptors (Lipinski definition) is 3. The number of halogens is 1. The second kappa shape index (κ2) is 8.48. The molecule has 1 aromatic heterocycles. The standard InChI is InChI=1S/C21H22FN5S/c22-17-9-5-15(6-10-17)14-23-21(28)24-18-11-7-16(8-12-18)20-26-25-19-4-2-1-3-13-27(19)20/h5-12H,1-4,13-14H2,(H2,23,24,28). The number of fused-ring (bicyclic) bond motifs is 1. The summed E-state index contributed by atoms with van der Waals surface area (Å²) in [6.07, 6.45) is 4.60. The van der Waals surface area contributed by atoms with Crippen molar-refractivity contribution in [1.82, 2.24) is 20.1 Å². The quantitative estimate of drug-likeness (QED) is 0.645. The van der Waals surface area contributed by atoms with Crippen LogP contribution in [-0.2, 0) is 19.5 Å². The summed E-state index contributed by atoms with van der Waals surface area (Å²) in [6.45, 7) is 1.52. The van der Waals surface area contributed by atoms with Gasteiger partial charge in [0.2, 0.25) is 0 Å². The zero-order valence-corrected chi connectivity index (χ0v) is 16.3. The van der Waals surface area contributed by atoms with Crippen LogP contribution in [0.1, 0.15) is 30.7 Å². The first-order valence-corrected chi connectivity index (χ1v) is 9.92. The highest BCUT2D eigenvalue weighted by Gasteiger charge is 2.15. The number of benzene rings is 2. The summed E-state index contributed by atoms with van der Waals surface area (Å²) in [5.41, 5.74) is 2.92. The van der Waals surface area contributed by atoms with E-state index >= 15 is 0 Å². The highest BCUT2D eigenvalue weighted by molar-refractivity contribution is 7.80. The second-order valence-electron chi connectivity index (χ2n) is 6.91. The number of nitrogens with one attached hydrogen (secondary N) is 2. The number of aromatic nitrogens is 3. The summed E-state index contributed by atoms with van der Waals surface area (Å²) < 4.78 is 15.2. The molecule has 2 N–H and O–H groups in total. The number of rotatable bonds is 4. The van der Waals surface area contributed by atoms with E-state index in [1.54, 1.807) is 12.1 Å². The van der Waals surface area contributed by atoms with Gasteiger partial charge in [0.1, 0.15) is 11.6 Å². The Balaban J connectivity index is 1.37. The highest BCUT2D eigenvalue weighted by atomic mass is 32.1. The van der Waals surface area contributed by atoms with Gasteiger partial charge in [0.15, 0.2) is 10.9 Å². The van der Waals surface area contributed by atoms with Gasteiger partial charge in [0.05, 0.1) is 0 Å². The van der Waals surface area contributed by atoms with Crippen LogP contribution in [0.5, 0.6) is 0 Å². The van der Waals surface area contributed by atoms with Crippen LogP contribution in [-0.4, -0.2) is 19.9 Å². The van der Waals surface area contributed by atoms with Crippen LogP contribution in [0, 0.1) is 5.82 Å². The predicted molar refractivity (Wildman–Crippen MR) is 112 cm³/mol. The van der Waals surface area contributed by atoms with Crippen LogP contribution in [0.2, 0.25) is 0 Å². The van der Waals surface area contributed by atoms with E-state index in [0.717, 1.165) is 41.4 Å². The third-order valence-corrected chi connectivity index (χ3v) is 5.12. The maximum Gasteiger partial charge on any atom is 0.171 e. The molecule has 3 aromatic rings. The van der Waals surface area contributed by atoms with E-state index in [1.165, 1.54) is 31.4 Å². The molecule has 2 aromatic carbocycles. The molecule has 28 heavy (non-hydrogen) atoms. The molecule has 0 unspecified atom stereocenters. The number of anilines is 1. The Morgan fingerprint density at radius 1 is 1.00 bits per heavy atom. The minimum atomic E-state index is -0.242. The van der Waals surface area contributed by atoms with Gasteiger partial charge in [-0.1, -0.05) is 18.6 Å². The van der Waals surface area contributed by atoms with Gasteiger partial charge in [0, 0.05) is 30.8 Å². The lowest BCUT2D eigenvalue weighted by Gasteiger charge is -2.11. The molecule has 1 aliphatic heterocycles. The lowest BCUT2D eigenvalue weighted by molar-refractivity contribution is 0.627. The van der Waals surface area contributed by atoms with Crippen molar-refractivity contribution in [2.45, 2.75) is 38.8 Å². The van der Waals surface area contributed by atoms with E-state index in [1.807, 2.05) is 24.3 Å². The smallest absolute Gasteiger partial charge is 0.171 e. The van der Waals surface area contributed by atoms with Gasteiger partial charge in [-0.05, 0) is 67.0 Å². The Morgan fingerprint density at radius 2 is 1.79 bits per heavy atom. The fourth-order valence-corrected chi connectivity index (χ4v) is 3.55. The van der Waals surface area contributed by atoms with Crippen LogP contribution in [0.25, 0.3) is 11.4 Å². The number of hydrogen-bond donors (Lipinski definition) is 2. The topological polar surface area (TPSA) is 54.8 Å². The third kappa shape index (κ3) is 4.36. The van der Waals surface area contributed by atoms with Gasteiger partial charge in [-0.15, -0.1) is 10.2 Å². The summed E-state index contributed by atoms with van der Waals surface area (Å²) in [5, 5.41) is 15.6. The molecule has 5 nitrogen and oxygen atoms in total. The van der Waals surface area contributed by atoms with Gasteiger partial charge in [-0.2, -0.15) is 0 Å². The van der Waals surface area contributed by atoms with Crippen molar-refractivity contribution in [3.05, 3.63) is 65.7 Å². The zero-order chi connectivity index (χ0) is 19.3. The van der Waals surface area contributed by atoms with E-state index < -0.39 is 0 Å². The molecule has 1 aliphatic rings. The fourth-order valence-electron chi connectivity index (χ4n) is 3.36. The monoisotopic (exact) mass is 395 g/mol. The Bertz CT molecular complexity index is 950. The predicted octanol–water partition coefficient (Wildman–Crippen LogP) is 4.30. The summed E-state index contributed by atoms with van der Waals surface area (Å²) in [7, 11) is 0. The van der Waals surface area contributed by atoms with Crippen LogP contribution in [0.15, 0.2) is 48.5 Å². The molecule has 4 rings (SSSR count). The van der Waals surface area contributed by atoms with Crippen molar-refractivity contribution in [3.63, 3.8) is 0 Å². The summed E-state index contributed by atoms with van der Waals surface area (Å²) in [4.78, 5) is 0. The van der Waals surface area contributed by atoms with Crippen LogP contribution < -0.4 is 10.6 Å². The Hall–Kier alpha value is -2.80. The minimum absolute atomic E-state index is 0.242. The molecule has 0 aliphatic carbocycles. The Kier molecular flexibility index (Phi) is 5.62. The molecule has 0 radical (unpaired) electrons. The molecular weight excluding hydrogens is 373 g/mol. The molecule has 2 heterocycles. The zero-order valence-electron chi connectivity index (χ0n) is 15.5. The van der Waals surface area contributed by atoms with Crippen molar-refractivity contribution in [2.75, 3.05) is 5.32 Å². The maximum atomic E-state index is 13.0. The number of thiocarbonyl (C=S) groups is 1. The molecule has 144 valence electrons. The van der Waals surface area contributed by atoms with Gasteiger partial charge in [-0.25, -0.2) is 4.39 Å². The number of aryl methyl sites for hydroxylation is 1. The number of nitrogens with zero attached hydrogens (tertiary/aromatic N) is 3. The van der Waals surface area contributed by atoms with E-state index in [2.05, 4.69) is 25.4 Å². The molecular formula is C21H22FN5S. The van der Waals surface area contributed by atoms with Crippen molar-refractivity contribution in [1.29, 1.82) is 0 Å². The van der Waals surface area contributed by atoms with Crippen molar-refractivity contribution in [3.8, 4) is 11.4 Å². The van der Waals surface area contributed by atoms with E-state index in [4.69, 9.17) is 12.2 Å². The molecule has 0 amide bonds. The largest absolute Gasteiger partial charge is 0.358 e. The molecule has 0 fully saturated rings. The van der Waals surface area contributed by atoms with E-state index in [9.17, 15) is 4.39 Å². The average Bonchev–Trinajstić information content (AvgIpc) is 2.96. The fraction of sp³-hybridized carbons (Fsp3) is 0.286. The Labute approximate surface area is 169 Å². The lowest BCUT2D eigenvalue weighted by atomic mass is 10.2. The maximum absolute atomic E-state index is 13.0. The first kappa shape index (κ1) is 18.6. The molecule has 0 saturated carbocycles. The first-order valence-electron chi connectivity index (χ1n) is 9.51. The van der Waals surface area contributed by atoms with Gasteiger partial charge < -0.3 is 15.2 Å². The van der Waals surface area contributed by atoms with E-state index in [-0.39, 0.29) is 5.82 Å². The van der Waals surface area contributed by atoms with Crippen LogP contribution in [0.4, 0.5) is 10.1 Å². The first-order chi connectivity index (χ1) is 13.7. The summed E-state index contributed by atoms with van der Waals surface area (Å²) in [5.74, 6) is 1.77. The minimum Gasteiger partial charge on any atom is -0.358 e.